The number of nitrogens with two attached hydrogens (primary N) is 1. The lowest BCUT2D eigenvalue weighted by molar-refractivity contribution is -0.136. The van der Waals surface area contributed by atoms with Crippen LogP contribution in [-0.2, 0) is 11.2 Å². The van der Waals surface area contributed by atoms with E-state index in [4.69, 9.17) is 5.73 Å². The van der Waals surface area contributed by atoms with Crippen molar-refractivity contribution in [2.45, 2.75) is 38.1 Å². The van der Waals surface area contributed by atoms with E-state index in [1.165, 1.54) is 12.8 Å². The van der Waals surface area contributed by atoms with E-state index in [1.54, 1.807) is 0 Å². The molecule has 2 aromatic rings. The van der Waals surface area contributed by atoms with Crippen molar-refractivity contribution in [3.05, 3.63) is 42.1 Å². The maximum Gasteiger partial charge on any atom is 0.227 e. The molecule has 2 fully saturated rings. The van der Waals surface area contributed by atoms with Crippen molar-refractivity contribution in [2.24, 2.45) is 23.5 Å². The molecule has 26 heavy (non-hydrogen) atoms. The SMILES string of the molecule is CN(CCCc1cc(-c2ccccc2)n[nH]1)C(=O)C1C2CCC(C2)C1N. The van der Waals surface area contributed by atoms with Gasteiger partial charge in [-0.05, 0) is 50.0 Å². The number of aryl methyl sites for hydroxylation is 1. The fourth-order valence-electron chi connectivity index (χ4n) is 4.82. The van der Waals surface area contributed by atoms with Gasteiger partial charge in [-0.25, -0.2) is 0 Å². The molecular weight excluding hydrogens is 324 g/mol. The number of benzene rings is 1. The fraction of sp³-hybridized carbons (Fsp3) is 0.524. The van der Waals surface area contributed by atoms with Gasteiger partial charge in [0.15, 0.2) is 0 Å². The van der Waals surface area contributed by atoms with Gasteiger partial charge in [-0.2, -0.15) is 5.10 Å². The zero-order valence-corrected chi connectivity index (χ0v) is 15.4. The predicted molar refractivity (Wildman–Crippen MR) is 102 cm³/mol. The highest BCUT2D eigenvalue weighted by molar-refractivity contribution is 5.80. The topological polar surface area (TPSA) is 75.0 Å². The van der Waals surface area contributed by atoms with Crippen molar-refractivity contribution in [3.63, 3.8) is 0 Å². The minimum Gasteiger partial charge on any atom is -0.345 e. The summed E-state index contributed by atoms with van der Waals surface area (Å²) in [6.07, 6.45) is 5.36. The third-order valence-corrected chi connectivity index (χ3v) is 6.28. The van der Waals surface area contributed by atoms with Gasteiger partial charge in [0.25, 0.3) is 0 Å². The van der Waals surface area contributed by atoms with Crippen LogP contribution in [0.4, 0.5) is 0 Å². The van der Waals surface area contributed by atoms with E-state index >= 15 is 0 Å². The van der Waals surface area contributed by atoms with Crippen LogP contribution in [0.5, 0.6) is 0 Å². The van der Waals surface area contributed by atoms with E-state index in [0.717, 1.165) is 42.8 Å². The zero-order chi connectivity index (χ0) is 18.1. The Morgan fingerprint density at radius 1 is 1.27 bits per heavy atom. The molecule has 1 heterocycles. The molecule has 2 bridgehead atoms. The van der Waals surface area contributed by atoms with Crippen molar-refractivity contribution in [1.82, 2.24) is 15.1 Å². The molecule has 1 aromatic heterocycles. The van der Waals surface area contributed by atoms with E-state index in [1.807, 2.05) is 30.1 Å². The Morgan fingerprint density at radius 2 is 2.04 bits per heavy atom. The summed E-state index contributed by atoms with van der Waals surface area (Å²) < 4.78 is 0. The summed E-state index contributed by atoms with van der Waals surface area (Å²) in [5.74, 6) is 1.39. The fourth-order valence-corrected chi connectivity index (χ4v) is 4.82. The van der Waals surface area contributed by atoms with E-state index in [-0.39, 0.29) is 17.9 Å². The highest BCUT2D eigenvalue weighted by Gasteiger charge is 2.49. The summed E-state index contributed by atoms with van der Waals surface area (Å²) in [5, 5.41) is 7.51. The van der Waals surface area contributed by atoms with Crippen molar-refractivity contribution in [2.75, 3.05) is 13.6 Å². The first-order valence-corrected chi connectivity index (χ1v) is 9.73. The van der Waals surface area contributed by atoms with Crippen molar-refractivity contribution >= 4 is 5.91 Å². The number of nitrogens with zero attached hydrogens (tertiary/aromatic N) is 2. The smallest absolute Gasteiger partial charge is 0.227 e. The average Bonchev–Trinajstić information content (AvgIpc) is 3.38. The van der Waals surface area contributed by atoms with Crippen LogP contribution in [-0.4, -0.2) is 40.6 Å². The molecule has 2 aliphatic rings. The minimum absolute atomic E-state index is 0.0515. The van der Waals surface area contributed by atoms with Gasteiger partial charge in [0.1, 0.15) is 0 Å². The number of nitrogens with one attached hydrogen (secondary N) is 1. The maximum absolute atomic E-state index is 12.8. The Morgan fingerprint density at radius 3 is 2.77 bits per heavy atom. The van der Waals surface area contributed by atoms with Crippen LogP contribution in [0.25, 0.3) is 11.3 Å². The first kappa shape index (κ1) is 17.3. The maximum atomic E-state index is 12.8. The van der Waals surface area contributed by atoms with Crippen LogP contribution in [0.2, 0.25) is 0 Å². The van der Waals surface area contributed by atoms with E-state index in [9.17, 15) is 4.79 Å². The summed E-state index contributed by atoms with van der Waals surface area (Å²) in [6, 6.07) is 12.3. The van der Waals surface area contributed by atoms with Crippen LogP contribution in [0, 0.1) is 17.8 Å². The molecule has 3 N–H and O–H groups in total. The van der Waals surface area contributed by atoms with Gasteiger partial charge in [0, 0.05) is 30.9 Å². The molecule has 5 nitrogen and oxygen atoms in total. The van der Waals surface area contributed by atoms with Crippen molar-refractivity contribution in [3.8, 4) is 11.3 Å². The monoisotopic (exact) mass is 352 g/mol. The number of amides is 1. The minimum atomic E-state index is 0.0515. The zero-order valence-electron chi connectivity index (χ0n) is 15.4. The normalized spacial score (nSPS) is 27.0. The highest BCUT2D eigenvalue weighted by atomic mass is 16.2. The van der Waals surface area contributed by atoms with Gasteiger partial charge in [0.2, 0.25) is 5.91 Å². The Kier molecular flexibility index (Phi) is 4.81. The highest BCUT2D eigenvalue weighted by Crippen LogP contribution is 2.48. The number of aromatic nitrogens is 2. The molecular formula is C21H28N4O. The standard InChI is InChI=1S/C21H28N4O/c1-25(21(26)19-15-9-10-16(12-15)20(19)22)11-5-8-17-13-18(24-23-17)14-6-3-2-4-7-14/h2-4,6-7,13,15-16,19-20H,5,8-12,22H2,1H3,(H,23,24). The van der Waals surface area contributed by atoms with Gasteiger partial charge in [-0.1, -0.05) is 30.3 Å². The Bertz CT molecular complexity index is 754. The quantitative estimate of drug-likeness (QED) is 0.839. The Balaban J connectivity index is 1.28. The van der Waals surface area contributed by atoms with E-state index in [0.29, 0.717) is 11.8 Å². The molecule has 0 aliphatic heterocycles. The molecule has 4 atom stereocenters. The summed E-state index contributed by atoms with van der Waals surface area (Å²) in [6.45, 7) is 0.763. The van der Waals surface area contributed by atoms with Crippen molar-refractivity contribution < 1.29 is 4.79 Å². The van der Waals surface area contributed by atoms with E-state index in [2.05, 4.69) is 28.4 Å². The number of H-pyrrole nitrogens is 1. The molecule has 2 aliphatic carbocycles. The molecule has 1 amide bonds. The third kappa shape index (κ3) is 3.28. The van der Waals surface area contributed by atoms with Crippen LogP contribution in [0.1, 0.15) is 31.4 Å². The largest absolute Gasteiger partial charge is 0.345 e. The summed E-state index contributed by atoms with van der Waals surface area (Å²) in [4.78, 5) is 14.7. The molecule has 0 spiro atoms. The number of carbonyl (C=O) groups excluding carboxylic acids is 1. The molecule has 5 heteroatoms. The van der Waals surface area contributed by atoms with Crippen LogP contribution < -0.4 is 5.73 Å². The molecule has 0 saturated heterocycles. The molecule has 138 valence electrons. The molecule has 1 aromatic carbocycles. The third-order valence-electron chi connectivity index (χ3n) is 6.28. The van der Waals surface area contributed by atoms with Gasteiger partial charge >= 0.3 is 0 Å². The number of aromatic amines is 1. The summed E-state index contributed by atoms with van der Waals surface area (Å²) in [5.41, 5.74) is 9.52. The number of fused-ring (bicyclic) bond motifs is 2. The first-order valence-electron chi connectivity index (χ1n) is 9.73. The van der Waals surface area contributed by atoms with Gasteiger partial charge in [-0.15, -0.1) is 0 Å². The molecule has 0 radical (unpaired) electrons. The van der Waals surface area contributed by atoms with Crippen LogP contribution in [0.15, 0.2) is 36.4 Å². The van der Waals surface area contributed by atoms with Gasteiger partial charge < -0.3 is 10.6 Å². The number of hydrogen-bond acceptors (Lipinski definition) is 3. The summed E-state index contributed by atoms with van der Waals surface area (Å²) in [7, 11) is 1.92. The number of carbonyl (C=O) groups is 1. The van der Waals surface area contributed by atoms with Crippen LogP contribution >= 0.6 is 0 Å². The summed E-state index contributed by atoms with van der Waals surface area (Å²) >= 11 is 0. The second-order valence-electron chi connectivity index (χ2n) is 7.94. The Hall–Kier alpha value is -2.14. The van der Waals surface area contributed by atoms with Gasteiger partial charge in [0.05, 0.1) is 11.6 Å². The predicted octanol–water partition coefficient (Wildman–Crippen LogP) is 2.84. The van der Waals surface area contributed by atoms with Crippen molar-refractivity contribution in [1.29, 1.82) is 0 Å². The lowest BCUT2D eigenvalue weighted by atomic mass is 9.84. The second kappa shape index (κ2) is 7.23. The number of hydrogen-bond donors (Lipinski definition) is 2. The molecule has 4 unspecified atom stereocenters. The van der Waals surface area contributed by atoms with Crippen LogP contribution in [0.3, 0.4) is 0 Å². The number of rotatable bonds is 6. The first-order chi connectivity index (χ1) is 12.6. The van der Waals surface area contributed by atoms with E-state index < -0.39 is 0 Å². The molecule has 2 saturated carbocycles. The average molecular weight is 352 g/mol. The Labute approximate surface area is 155 Å². The second-order valence-corrected chi connectivity index (χ2v) is 7.94. The molecule has 4 rings (SSSR count). The lowest BCUT2D eigenvalue weighted by Crippen LogP contribution is -2.46. The lowest BCUT2D eigenvalue weighted by Gasteiger charge is -2.30. The van der Waals surface area contributed by atoms with Gasteiger partial charge in [-0.3, -0.25) is 9.89 Å².